The number of rotatable bonds is 5. The summed E-state index contributed by atoms with van der Waals surface area (Å²) in [6.07, 6.45) is 6.19. The van der Waals surface area contributed by atoms with E-state index in [1.807, 2.05) is 6.07 Å². The Morgan fingerprint density at radius 1 is 1.17 bits per heavy atom. The summed E-state index contributed by atoms with van der Waals surface area (Å²) in [5.74, 6) is 4.11. The SMILES string of the molecule is N#CB1CCc2nccc(OC3CC4(C3)CN(c3nc(Cl)nnc3Oc3ccc(F)cc3)C4)c2C1. The molecule has 35 heavy (non-hydrogen) atoms. The molecule has 2 aliphatic heterocycles. The summed E-state index contributed by atoms with van der Waals surface area (Å²) in [5, 5.41) is 17.2. The molecule has 3 aliphatic rings. The summed E-state index contributed by atoms with van der Waals surface area (Å²) >= 11 is 6.02. The average molecular weight is 491 g/mol. The maximum absolute atomic E-state index is 13.2. The zero-order valence-electron chi connectivity index (χ0n) is 18.8. The molecule has 0 unspecified atom stereocenters. The van der Waals surface area contributed by atoms with Crippen molar-refractivity contribution in [2.24, 2.45) is 5.41 Å². The zero-order chi connectivity index (χ0) is 24.0. The lowest BCUT2D eigenvalue weighted by atomic mass is 9.42. The molecule has 176 valence electrons. The second-order valence-corrected chi connectivity index (χ2v) is 9.91. The minimum absolute atomic E-state index is 0.0293. The van der Waals surface area contributed by atoms with Gasteiger partial charge in [0.2, 0.25) is 5.28 Å². The number of hydrogen-bond acceptors (Lipinski definition) is 8. The van der Waals surface area contributed by atoms with E-state index in [2.05, 4.69) is 31.0 Å². The Balaban J connectivity index is 1.10. The lowest BCUT2D eigenvalue weighted by Gasteiger charge is -2.58. The molecule has 1 saturated heterocycles. The predicted octanol–water partition coefficient (Wildman–Crippen LogP) is 4.09. The fourth-order valence-electron chi connectivity index (χ4n) is 5.35. The van der Waals surface area contributed by atoms with Gasteiger partial charge in [0.25, 0.3) is 12.6 Å². The molecule has 3 aromatic rings. The van der Waals surface area contributed by atoms with E-state index in [9.17, 15) is 9.65 Å². The van der Waals surface area contributed by atoms with E-state index in [0.717, 1.165) is 55.7 Å². The van der Waals surface area contributed by atoms with Crippen molar-refractivity contribution < 1.29 is 13.9 Å². The lowest BCUT2D eigenvalue weighted by molar-refractivity contribution is -0.0349. The van der Waals surface area contributed by atoms with E-state index in [1.54, 1.807) is 6.20 Å². The number of aryl methyl sites for hydroxylation is 1. The van der Waals surface area contributed by atoms with Crippen molar-refractivity contribution in [3.8, 4) is 23.3 Å². The van der Waals surface area contributed by atoms with E-state index in [1.165, 1.54) is 24.3 Å². The Kier molecular flexibility index (Phi) is 5.45. The topological polar surface area (TPSA) is 97.1 Å². The highest BCUT2D eigenvalue weighted by atomic mass is 35.5. The van der Waals surface area contributed by atoms with Gasteiger partial charge in [0.15, 0.2) is 5.82 Å². The second-order valence-electron chi connectivity index (χ2n) is 9.57. The van der Waals surface area contributed by atoms with Crippen LogP contribution in [0.3, 0.4) is 0 Å². The summed E-state index contributed by atoms with van der Waals surface area (Å²) in [6.45, 7) is 1.60. The number of ether oxygens (including phenoxy) is 2. The summed E-state index contributed by atoms with van der Waals surface area (Å²) in [4.78, 5) is 10.9. The minimum Gasteiger partial charge on any atom is -0.490 e. The molecule has 0 bridgehead atoms. The van der Waals surface area contributed by atoms with Crippen LogP contribution in [0.5, 0.6) is 17.4 Å². The van der Waals surface area contributed by atoms with Gasteiger partial charge >= 0.3 is 0 Å². The minimum atomic E-state index is -0.346. The molecule has 1 aliphatic carbocycles. The molecule has 1 saturated carbocycles. The quantitative estimate of drug-likeness (QED) is 0.493. The summed E-state index contributed by atoms with van der Waals surface area (Å²) < 4.78 is 25.4. The number of fused-ring (bicyclic) bond motifs is 1. The van der Waals surface area contributed by atoms with Crippen LogP contribution in [0, 0.1) is 22.5 Å². The molecule has 1 spiro atoms. The number of hydrogen-bond donors (Lipinski definition) is 0. The Morgan fingerprint density at radius 3 is 2.74 bits per heavy atom. The molecular weight excluding hydrogens is 470 g/mol. The van der Waals surface area contributed by atoms with Crippen molar-refractivity contribution in [2.45, 2.75) is 38.0 Å². The van der Waals surface area contributed by atoms with E-state index >= 15 is 0 Å². The molecule has 0 amide bonds. The van der Waals surface area contributed by atoms with E-state index in [0.29, 0.717) is 17.9 Å². The van der Waals surface area contributed by atoms with E-state index in [4.69, 9.17) is 21.1 Å². The highest BCUT2D eigenvalue weighted by molar-refractivity contribution is 6.66. The van der Waals surface area contributed by atoms with Crippen molar-refractivity contribution in [3.63, 3.8) is 0 Å². The van der Waals surface area contributed by atoms with Gasteiger partial charge in [-0.3, -0.25) is 4.98 Å². The summed E-state index contributed by atoms with van der Waals surface area (Å²) in [6, 6.07) is 7.61. The van der Waals surface area contributed by atoms with Gasteiger partial charge in [0.1, 0.15) is 23.4 Å². The van der Waals surface area contributed by atoms with Gasteiger partial charge in [-0.1, -0.05) is 6.32 Å². The summed E-state index contributed by atoms with van der Waals surface area (Å²) in [5.41, 5.74) is 2.29. The predicted molar refractivity (Wildman–Crippen MR) is 127 cm³/mol. The van der Waals surface area contributed by atoms with Gasteiger partial charge in [0.05, 0.1) is 0 Å². The van der Waals surface area contributed by atoms with E-state index in [-0.39, 0.29) is 35.2 Å². The highest BCUT2D eigenvalue weighted by Gasteiger charge is 2.54. The third-order valence-corrected chi connectivity index (χ3v) is 7.23. The molecule has 0 atom stereocenters. The van der Waals surface area contributed by atoms with Crippen LogP contribution in [-0.4, -0.2) is 46.1 Å². The fraction of sp³-hybridized carbons (Fsp3) is 0.375. The van der Waals surface area contributed by atoms with Crippen molar-refractivity contribution in [1.82, 2.24) is 20.2 Å². The van der Waals surface area contributed by atoms with Crippen molar-refractivity contribution >= 4 is 24.1 Å². The maximum Gasteiger partial charge on any atom is 0.282 e. The zero-order valence-corrected chi connectivity index (χ0v) is 19.6. The molecule has 4 heterocycles. The molecule has 0 radical (unpaired) electrons. The number of anilines is 1. The van der Waals surface area contributed by atoms with Crippen molar-refractivity contribution in [1.29, 1.82) is 5.26 Å². The largest absolute Gasteiger partial charge is 0.490 e. The molecule has 2 fully saturated rings. The second kappa shape index (κ2) is 8.65. The van der Waals surface area contributed by atoms with Crippen LogP contribution in [0.25, 0.3) is 0 Å². The number of nitrogens with zero attached hydrogens (tertiary/aromatic N) is 6. The number of aromatic nitrogens is 4. The fourth-order valence-corrected chi connectivity index (χ4v) is 5.46. The third kappa shape index (κ3) is 4.25. The molecule has 0 N–H and O–H groups in total. The molecule has 6 rings (SSSR count). The van der Waals surface area contributed by atoms with Crippen molar-refractivity contribution in [3.05, 3.63) is 58.9 Å². The first-order valence-electron chi connectivity index (χ1n) is 11.6. The third-order valence-electron chi connectivity index (χ3n) is 7.07. The average Bonchev–Trinajstić information content (AvgIpc) is 2.82. The smallest absolute Gasteiger partial charge is 0.282 e. The molecule has 1 aromatic carbocycles. The first-order valence-corrected chi connectivity index (χ1v) is 12.0. The van der Waals surface area contributed by atoms with Gasteiger partial charge in [-0.25, -0.2) is 9.65 Å². The van der Waals surface area contributed by atoms with Gasteiger partial charge in [0, 0.05) is 41.9 Å². The van der Waals surface area contributed by atoms with Crippen LogP contribution in [0.4, 0.5) is 10.2 Å². The molecule has 11 heteroatoms. The number of halogens is 2. The summed E-state index contributed by atoms with van der Waals surface area (Å²) in [7, 11) is 0. The van der Waals surface area contributed by atoms with Crippen LogP contribution in [0.1, 0.15) is 24.1 Å². The van der Waals surface area contributed by atoms with Crippen LogP contribution in [0.2, 0.25) is 11.6 Å². The Labute approximate surface area is 207 Å². The molecule has 2 aromatic heterocycles. The van der Waals surface area contributed by atoms with E-state index < -0.39 is 0 Å². The highest BCUT2D eigenvalue weighted by Crippen LogP contribution is 2.52. The van der Waals surface area contributed by atoms with Gasteiger partial charge in [-0.15, -0.1) is 10.2 Å². The van der Waals surface area contributed by atoms with Gasteiger partial charge < -0.3 is 14.4 Å². The maximum atomic E-state index is 13.2. The normalized spacial score (nSPS) is 18.3. The number of benzene rings is 1. The monoisotopic (exact) mass is 490 g/mol. The Morgan fingerprint density at radius 2 is 1.97 bits per heavy atom. The Hall–Kier alpha value is -3.45. The van der Waals surface area contributed by atoms with Crippen molar-refractivity contribution in [2.75, 3.05) is 18.0 Å². The lowest BCUT2D eigenvalue weighted by Crippen LogP contribution is -2.65. The van der Waals surface area contributed by atoms with Crippen LogP contribution in [0.15, 0.2) is 36.5 Å². The standard InChI is InChI=1S/C24H21BClFN6O2/c26-23-30-21(22(31-32-23)35-16-3-1-15(27)2-4-16)33-12-24(13-33)9-17(10-24)34-20-6-8-29-19-5-7-25(14-28)11-18(19)20/h1-4,6,8,17H,5,7,9-13H2. The van der Waals surface area contributed by atoms with Crippen LogP contribution in [-0.2, 0) is 12.7 Å². The number of nitriles is 1. The molecular formula is C24H21BClFN6O2. The Bertz CT molecular complexity index is 1310. The van der Waals surface area contributed by atoms with Crippen LogP contribution < -0.4 is 14.4 Å². The first kappa shape index (κ1) is 22.0. The van der Waals surface area contributed by atoms with Gasteiger partial charge in [-0.2, -0.15) is 4.98 Å². The molecule has 8 nitrogen and oxygen atoms in total. The first-order chi connectivity index (χ1) is 17.0. The van der Waals surface area contributed by atoms with Gasteiger partial charge in [-0.05, 0) is 67.5 Å². The van der Waals surface area contributed by atoms with Crippen LogP contribution >= 0.6 is 11.6 Å². The number of pyridine rings is 1.